The van der Waals surface area contributed by atoms with E-state index in [-0.39, 0.29) is 0 Å². The molecule has 1 saturated heterocycles. The van der Waals surface area contributed by atoms with Gasteiger partial charge < -0.3 is 15.1 Å². The SMILES string of the molecule is C1=CC2=NC(N3CCNCC3)=CCN2C=C1. The van der Waals surface area contributed by atoms with Crippen molar-refractivity contribution in [2.75, 3.05) is 32.7 Å². The molecule has 3 aliphatic heterocycles. The van der Waals surface area contributed by atoms with Crippen molar-refractivity contribution in [3.8, 4) is 0 Å². The van der Waals surface area contributed by atoms with E-state index in [0.29, 0.717) is 0 Å². The van der Waals surface area contributed by atoms with Crippen LogP contribution >= 0.6 is 0 Å². The fraction of sp³-hybridized carbons (Fsp3) is 0.417. The average molecular weight is 216 g/mol. The molecule has 0 unspecified atom stereocenters. The molecule has 0 aromatic carbocycles. The highest BCUT2D eigenvalue weighted by atomic mass is 15.3. The second-order valence-electron chi connectivity index (χ2n) is 4.12. The van der Waals surface area contributed by atoms with Gasteiger partial charge in [0.2, 0.25) is 0 Å². The summed E-state index contributed by atoms with van der Waals surface area (Å²) in [7, 11) is 0. The second-order valence-corrected chi connectivity index (χ2v) is 4.12. The fourth-order valence-electron chi connectivity index (χ4n) is 2.16. The predicted molar refractivity (Wildman–Crippen MR) is 64.9 cm³/mol. The Morgan fingerprint density at radius 1 is 1.19 bits per heavy atom. The quantitative estimate of drug-likeness (QED) is 0.693. The van der Waals surface area contributed by atoms with Crippen molar-refractivity contribution in [2.45, 2.75) is 0 Å². The van der Waals surface area contributed by atoms with E-state index in [9.17, 15) is 0 Å². The number of amidine groups is 1. The molecule has 0 spiro atoms. The van der Waals surface area contributed by atoms with E-state index in [0.717, 1.165) is 44.4 Å². The summed E-state index contributed by atoms with van der Waals surface area (Å²) in [6.07, 6.45) is 10.4. The molecule has 3 aliphatic rings. The summed E-state index contributed by atoms with van der Waals surface area (Å²) < 4.78 is 0. The molecule has 0 aromatic heterocycles. The van der Waals surface area contributed by atoms with Gasteiger partial charge in [0.1, 0.15) is 11.7 Å². The minimum atomic E-state index is 0.929. The average Bonchev–Trinajstić information content (AvgIpc) is 2.39. The monoisotopic (exact) mass is 216 g/mol. The number of hydrogen-bond donors (Lipinski definition) is 1. The van der Waals surface area contributed by atoms with Gasteiger partial charge >= 0.3 is 0 Å². The van der Waals surface area contributed by atoms with Gasteiger partial charge in [-0.3, -0.25) is 0 Å². The molecule has 0 saturated carbocycles. The van der Waals surface area contributed by atoms with Gasteiger partial charge in [0.15, 0.2) is 0 Å². The number of allylic oxidation sites excluding steroid dienone is 2. The molecule has 4 nitrogen and oxygen atoms in total. The van der Waals surface area contributed by atoms with Crippen molar-refractivity contribution in [3.63, 3.8) is 0 Å². The molecule has 0 amide bonds. The van der Waals surface area contributed by atoms with Gasteiger partial charge in [0, 0.05) is 38.9 Å². The molecule has 1 N–H and O–H groups in total. The first-order chi connectivity index (χ1) is 7.93. The predicted octanol–water partition coefficient (Wildman–Crippen LogP) is 0.531. The summed E-state index contributed by atoms with van der Waals surface area (Å²) in [6.45, 7) is 5.16. The van der Waals surface area contributed by atoms with Crippen molar-refractivity contribution in [3.05, 3.63) is 36.3 Å². The summed E-state index contributed by atoms with van der Waals surface area (Å²) >= 11 is 0. The Kier molecular flexibility index (Phi) is 2.50. The van der Waals surface area contributed by atoms with Crippen molar-refractivity contribution < 1.29 is 0 Å². The summed E-state index contributed by atoms with van der Waals surface area (Å²) in [5.74, 6) is 2.19. The molecule has 0 bridgehead atoms. The molecule has 3 rings (SSSR count). The molecular formula is C12H16N4. The van der Waals surface area contributed by atoms with E-state index < -0.39 is 0 Å². The minimum Gasteiger partial charge on any atom is -0.354 e. The first kappa shape index (κ1) is 9.66. The van der Waals surface area contributed by atoms with Crippen LogP contribution in [-0.2, 0) is 0 Å². The number of nitrogens with one attached hydrogen (secondary N) is 1. The fourth-order valence-corrected chi connectivity index (χ4v) is 2.16. The van der Waals surface area contributed by atoms with Gasteiger partial charge in [-0.1, -0.05) is 6.08 Å². The lowest BCUT2D eigenvalue weighted by atomic mass is 10.2. The first-order valence-electron chi connectivity index (χ1n) is 5.79. The standard InChI is InChI=1S/C12H16N4/c1-2-7-15-8-4-12(14-11(15)3-1)16-9-5-13-6-10-16/h1-4,7,13H,5-6,8-10H2. The molecule has 84 valence electrons. The lowest BCUT2D eigenvalue weighted by Crippen LogP contribution is -2.44. The largest absolute Gasteiger partial charge is 0.354 e. The Bertz CT molecular complexity index is 386. The van der Waals surface area contributed by atoms with Crippen molar-refractivity contribution in [1.29, 1.82) is 0 Å². The van der Waals surface area contributed by atoms with Crippen molar-refractivity contribution >= 4 is 5.84 Å². The maximum atomic E-state index is 4.69. The van der Waals surface area contributed by atoms with Crippen LogP contribution in [0.4, 0.5) is 0 Å². The van der Waals surface area contributed by atoms with Gasteiger partial charge in [-0.25, -0.2) is 4.99 Å². The molecule has 1 fully saturated rings. The zero-order valence-corrected chi connectivity index (χ0v) is 9.26. The molecule has 0 aromatic rings. The summed E-state index contributed by atoms with van der Waals surface area (Å²) in [5, 5.41) is 3.36. The number of fused-ring (bicyclic) bond motifs is 1. The van der Waals surface area contributed by atoms with Crippen LogP contribution in [0.2, 0.25) is 0 Å². The minimum absolute atomic E-state index is 0.929. The van der Waals surface area contributed by atoms with Crippen LogP contribution in [0.3, 0.4) is 0 Å². The Labute approximate surface area is 95.6 Å². The van der Waals surface area contributed by atoms with Crippen LogP contribution in [0.1, 0.15) is 0 Å². The van der Waals surface area contributed by atoms with E-state index in [1.807, 2.05) is 12.2 Å². The van der Waals surface area contributed by atoms with E-state index in [2.05, 4.69) is 33.5 Å². The van der Waals surface area contributed by atoms with Gasteiger partial charge in [-0.2, -0.15) is 0 Å². The number of rotatable bonds is 1. The maximum absolute atomic E-state index is 4.69. The Balaban J connectivity index is 1.78. The van der Waals surface area contributed by atoms with E-state index in [1.54, 1.807) is 0 Å². The Morgan fingerprint density at radius 2 is 2.06 bits per heavy atom. The lowest BCUT2D eigenvalue weighted by molar-refractivity contribution is 0.293. The Morgan fingerprint density at radius 3 is 2.94 bits per heavy atom. The highest BCUT2D eigenvalue weighted by molar-refractivity contribution is 5.96. The van der Waals surface area contributed by atoms with Crippen LogP contribution in [0.25, 0.3) is 0 Å². The number of hydrogen-bond acceptors (Lipinski definition) is 4. The van der Waals surface area contributed by atoms with Gasteiger partial charge in [0.25, 0.3) is 0 Å². The molecule has 4 heteroatoms. The van der Waals surface area contributed by atoms with E-state index in [4.69, 9.17) is 4.99 Å². The van der Waals surface area contributed by atoms with Gasteiger partial charge in [-0.15, -0.1) is 0 Å². The Hall–Kier alpha value is -1.55. The van der Waals surface area contributed by atoms with E-state index >= 15 is 0 Å². The molecule has 0 aliphatic carbocycles. The molecular weight excluding hydrogens is 200 g/mol. The lowest BCUT2D eigenvalue weighted by Gasteiger charge is -2.33. The zero-order valence-electron chi connectivity index (χ0n) is 9.26. The van der Waals surface area contributed by atoms with Gasteiger partial charge in [0.05, 0.1) is 0 Å². The van der Waals surface area contributed by atoms with Crippen LogP contribution < -0.4 is 5.32 Å². The van der Waals surface area contributed by atoms with Crippen LogP contribution in [0.15, 0.2) is 41.3 Å². The molecule has 0 radical (unpaired) electrons. The van der Waals surface area contributed by atoms with Crippen molar-refractivity contribution in [1.82, 2.24) is 15.1 Å². The highest BCUT2D eigenvalue weighted by Crippen LogP contribution is 2.16. The maximum Gasteiger partial charge on any atom is 0.135 e. The normalized spacial score (nSPS) is 24.0. The molecule has 3 heterocycles. The molecule has 16 heavy (non-hydrogen) atoms. The van der Waals surface area contributed by atoms with Crippen LogP contribution in [0.5, 0.6) is 0 Å². The third kappa shape index (κ3) is 1.76. The van der Waals surface area contributed by atoms with Gasteiger partial charge in [-0.05, 0) is 18.2 Å². The summed E-state index contributed by atoms with van der Waals surface area (Å²) in [5.41, 5.74) is 0. The third-order valence-electron chi connectivity index (χ3n) is 3.06. The second kappa shape index (κ2) is 4.14. The smallest absolute Gasteiger partial charge is 0.135 e. The third-order valence-corrected chi connectivity index (χ3v) is 3.06. The van der Waals surface area contributed by atoms with Crippen molar-refractivity contribution in [2.24, 2.45) is 4.99 Å². The topological polar surface area (TPSA) is 30.9 Å². The zero-order chi connectivity index (χ0) is 10.8. The van der Waals surface area contributed by atoms with Crippen LogP contribution in [0, 0.1) is 0 Å². The number of nitrogens with zero attached hydrogens (tertiary/aromatic N) is 3. The first-order valence-corrected chi connectivity index (χ1v) is 5.79. The summed E-state index contributed by atoms with van der Waals surface area (Å²) in [4.78, 5) is 9.20. The number of piperazine rings is 1. The van der Waals surface area contributed by atoms with E-state index in [1.165, 1.54) is 0 Å². The molecule has 0 atom stereocenters. The van der Waals surface area contributed by atoms with Crippen LogP contribution in [-0.4, -0.2) is 48.4 Å². The number of aliphatic imine (C=N–C) groups is 1. The highest BCUT2D eigenvalue weighted by Gasteiger charge is 2.18. The summed E-state index contributed by atoms with van der Waals surface area (Å²) in [6, 6.07) is 0.